The number of aromatic nitrogens is 6. The molecule has 6 nitrogen and oxygen atoms in total. The van der Waals surface area contributed by atoms with Crippen LogP contribution in [0.15, 0.2) is 43.4 Å². The molecule has 6 heteroatoms. The van der Waals surface area contributed by atoms with Gasteiger partial charge in [-0.3, -0.25) is 0 Å². The Kier molecular flexibility index (Phi) is 3.71. The van der Waals surface area contributed by atoms with Crippen LogP contribution in [0, 0.1) is 20.8 Å². The first-order valence-corrected chi connectivity index (χ1v) is 9.56. The second kappa shape index (κ2) is 6.17. The third kappa shape index (κ3) is 2.52. The molecule has 0 spiro atoms. The summed E-state index contributed by atoms with van der Waals surface area (Å²) in [5, 5.41) is 5.51. The van der Waals surface area contributed by atoms with E-state index in [1.807, 2.05) is 30.8 Å². The number of imidazole rings is 1. The van der Waals surface area contributed by atoms with E-state index in [0.29, 0.717) is 0 Å². The Hall–Kier alpha value is -3.67. The number of hydrogen-bond acceptors (Lipinski definition) is 3. The third-order valence-electron chi connectivity index (χ3n) is 5.68. The lowest BCUT2D eigenvalue weighted by molar-refractivity contribution is 0.912. The van der Waals surface area contributed by atoms with Crippen molar-refractivity contribution in [3.63, 3.8) is 0 Å². The van der Waals surface area contributed by atoms with Gasteiger partial charge in [-0.2, -0.15) is 5.10 Å². The SMILES string of the molecule is C=Cc1c(C)nc(-c2ccc3c(C)c(-c4cc(C)c5ncnn5c4)[nH]c3c2)n1C. The van der Waals surface area contributed by atoms with Crippen molar-refractivity contribution in [3.05, 3.63) is 65.9 Å². The molecule has 0 bridgehead atoms. The molecule has 4 aromatic heterocycles. The summed E-state index contributed by atoms with van der Waals surface area (Å²) in [6, 6.07) is 8.62. The Bertz CT molecular complexity index is 1410. The fraction of sp³-hybridized carbons (Fsp3) is 0.174. The molecule has 1 aromatic carbocycles. The summed E-state index contributed by atoms with van der Waals surface area (Å²) in [5.41, 5.74) is 9.58. The average molecular weight is 382 g/mol. The van der Waals surface area contributed by atoms with Gasteiger partial charge in [-0.15, -0.1) is 0 Å². The van der Waals surface area contributed by atoms with Gasteiger partial charge in [0, 0.05) is 35.3 Å². The van der Waals surface area contributed by atoms with E-state index in [0.717, 1.165) is 50.8 Å². The third-order valence-corrected chi connectivity index (χ3v) is 5.68. The van der Waals surface area contributed by atoms with Crippen molar-refractivity contribution in [1.82, 2.24) is 29.1 Å². The van der Waals surface area contributed by atoms with E-state index >= 15 is 0 Å². The van der Waals surface area contributed by atoms with Crippen LogP contribution >= 0.6 is 0 Å². The highest BCUT2D eigenvalue weighted by Gasteiger charge is 2.15. The Morgan fingerprint density at radius 1 is 1.10 bits per heavy atom. The molecule has 29 heavy (non-hydrogen) atoms. The lowest BCUT2D eigenvalue weighted by atomic mass is 10.1. The molecule has 5 rings (SSSR count). The smallest absolute Gasteiger partial charge is 0.158 e. The van der Waals surface area contributed by atoms with Gasteiger partial charge in [-0.1, -0.05) is 18.7 Å². The molecule has 4 heterocycles. The fourth-order valence-electron chi connectivity index (χ4n) is 4.19. The molecule has 0 saturated carbocycles. The monoisotopic (exact) mass is 382 g/mol. The van der Waals surface area contributed by atoms with Gasteiger partial charge in [-0.25, -0.2) is 14.5 Å². The van der Waals surface area contributed by atoms with E-state index < -0.39 is 0 Å². The summed E-state index contributed by atoms with van der Waals surface area (Å²) in [5.74, 6) is 0.938. The van der Waals surface area contributed by atoms with Crippen LogP contribution < -0.4 is 0 Å². The quantitative estimate of drug-likeness (QED) is 0.485. The first-order valence-electron chi connectivity index (χ1n) is 9.56. The van der Waals surface area contributed by atoms with E-state index in [-0.39, 0.29) is 0 Å². The standard InChI is InChI=1S/C23H22N6/c1-6-20-15(4)26-23(28(20)5)16-7-8-18-14(3)21(27-19(18)10-16)17-9-13(2)22-24-12-25-29(22)11-17/h6-12,27H,1H2,2-5H3. The van der Waals surface area contributed by atoms with E-state index in [4.69, 9.17) is 4.98 Å². The van der Waals surface area contributed by atoms with Crippen LogP contribution in [0.2, 0.25) is 0 Å². The first-order chi connectivity index (χ1) is 14.0. The largest absolute Gasteiger partial charge is 0.354 e. The van der Waals surface area contributed by atoms with E-state index in [2.05, 4.69) is 64.3 Å². The van der Waals surface area contributed by atoms with Crippen LogP contribution in [-0.4, -0.2) is 29.1 Å². The van der Waals surface area contributed by atoms with Gasteiger partial charge in [-0.05, 0) is 50.1 Å². The van der Waals surface area contributed by atoms with E-state index in [1.165, 1.54) is 10.9 Å². The summed E-state index contributed by atoms with van der Waals surface area (Å²) in [6.45, 7) is 10.1. The Balaban J connectivity index is 1.68. The minimum Gasteiger partial charge on any atom is -0.354 e. The zero-order valence-electron chi connectivity index (χ0n) is 17.0. The number of benzene rings is 1. The van der Waals surface area contributed by atoms with Crippen LogP contribution in [0.25, 0.3) is 45.3 Å². The topological polar surface area (TPSA) is 63.8 Å². The lowest BCUT2D eigenvalue weighted by Gasteiger charge is -2.04. The van der Waals surface area contributed by atoms with Gasteiger partial charge in [0.05, 0.1) is 17.1 Å². The Labute approximate surface area is 168 Å². The zero-order valence-corrected chi connectivity index (χ0v) is 17.0. The number of fused-ring (bicyclic) bond motifs is 2. The fourth-order valence-corrected chi connectivity index (χ4v) is 4.19. The Morgan fingerprint density at radius 3 is 2.69 bits per heavy atom. The molecule has 1 N–H and O–H groups in total. The van der Waals surface area contributed by atoms with Gasteiger partial charge >= 0.3 is 0 Å². The summed E-state index contributed by atoms with van der Waals surface area (Å²) in [6.07, 6.45) is 5.46. The molecule has 144 valence electrons. The van der Waals surface area contributed by atoms with Crippen LogP contribution in [-0.2, 0) is 7.05 Å². The van der Waals surface area contributed by atoms with Crippen molar-refractivity contribution in [1.29, 1.82) is 0 Å². The van der Waals surface area contributed by atoms with Gasteiger partial charge in [0.15, 0.2) is 5.65 Å². The number of hydrogen-bond donors (Lipinski definition) is 1. The van der Waals surface area contributed by atoms with Crippen molar-refractivity contribution in [2.45, 2.75) is 20.8 Å². The molecular weight excluding hydrogens is 360 g/mol. The molecule has 0 unspecified atom stereocenters. The number of aromatic amines is 1. The minimum atomic E-state index is 0.882. The average Bonchev–Trinajstić information content (AvgIpc) is 3.38. The van der Waals surface area contributed by atoms with Crippen LogP contribution in [0.5, 0.6) is 0 Å². The zero-order chi connectivity index (χ0) is 20.3. The molecular formula is C23H22N6. The van der Waals surface area contributed by atoms with Gasteiger partial charge < -0.3 is 9.55 Å². The van der Waals surface area contributed by atoms with Gasteiger partial charge in [0.2, 0.25) is 0 Å². The highest BCUT2D eigenvalue weighted by atomic mass is 15.3. The minimum absolute atomic E-state index is 0.882. The predicted octanol–water partition coefficient (Wildman–Crippen LogP) is 4.85. The van der Waals surface area contributed by atoms with Gasteiger partial charge in [0.1, 0.15) is 12.2 Å². The number of pyridine rings is 1. The van der Waals surface area contributed by atoms with Crippen LogP contribution in [0.1, 0.15) is 22.5 Å². The number of nitrogens with one attached hydrogen (secondary N) is 1. The van der Waals surface area contributed by atoms with Crippen molar-refractivity contribution in [2.75, 3.05) is 0 Å². The van der Waals surface area contributed by atoms with Crippen LogP contribution in [0.4, 0.5) is 0 Å². The maximum absolute atomic E-state index is 4.74. The number of rotatable bonds is 3. The number of H-pyrrole nitrogens is 1. The number of nitrogens with zero attached hydrogens (tertiary/aromatic N) is 5. The molecule has 0 aliphatic rings. The normalized spacial score (nSPS) is 11.6. The summed E-state index contributed by atoms with van der Waals surface area (Å²) < 4.78 is 3.91. The molecule has 0 saturated heterocycles. The highest BCUT2D eigenvalue weighted by molar-refractivity contribution is 5.93. The summed E-state index contributed by atoms with van der Waals surface area (Å²) >= 11 is 0. The predicted molar refractivity (Wildman–Crippen MR) is 117 cm³/mol. The molecule has 0 fully saturated rings. The van der Waals surface area contributed by atoms with E-state index in [9.17, 15) is 0 Å². The number of aryl methyl sites for hydroxylation is 3. The molecule has 0 radical (unpaired) electrons. The molecule has 0 amide bonds. The van der Waals surface area contributed by atoms with Crippen molar-refractivity contribution < 1.29 is 0 Å². The van der Waals surface area contributed by atoms with Crippen LogP contribution in [0.3, 0.4) is 0 Å². The van der Waals surface area contributed by atoms with Crippen molar-refractivity contribution >= 4 is 22.6 Å². The lowest BCUT2D eigenvalue weighted by Crippen LogP contribution is -1.94. The van der Waals surface area contributed by atoms with Crippen molar-refractivity contribution in [3.8, 4) is 22.6 Å². The maximum Gasteiger partial charge on any atom is 0.158 e. The molecule has 0 aliphatic heterocycles. The van der Waals surface area contributed by atoms with Gasteiger partial charge in [0.25, 0.3) is 0 Å². The van der Waals surface area contributed by atoms with Crippen molar-refractivity contribution in [2.24, 2.45) is 7.05 Å². The second-order valence-electron chi connectivity index (χ2n) is 7.49. The molecule has 0 atom stereocenters. The Morgan fingerprint density at radius 2 is 1.93 bits per heavy atom. The molecule has 0 aliphatic carbocycles. The highest BCUT2D eigenvalue weighted by Crippen LogP contribution is 2.33. The summed E-state index contributed by atoms with van der Waals surface area (Å²) in [7, 11) is 2.03. The molecule has 5 aromatic rings. The van der Waals surface area contributed by atoms with E-state index in [1.54, 1.807) is 6.33 Å². The first kappa shape index (κ1) is 17.4. The second-order valence-corrected chi connectivity index (χ2v) is 7.49. The maximum atomic E-state index is 4.74. The summed E-state index contributed by atoms with van der Waals surface area (Å²) in [4.78, 5) is 12.7.